The largest absolute Gasteiger partial charge is 0.464 e. The lowest BCUT2D eigenvalue weighted by molar-refractivity contribution is -0.123. The van der Waals surface area contributed by atoms with Crippen molar-refractivity contribution in [1.82, 2.24) is 15.6 Å². The standard InChI is InChI=1S/C7H11N5O4.C4H10/c8-6(9)5-7(12-16-11-5)15-3-4(14)10-1-2-13;1-3-4-2/h13H,1-3H2,(H3,8,9)(H,10,14);3-4H2,1-2H3. The minimum Gasteiger partial charge on any atom is -0.464 e. The summed E-state index contributed by atoms with van der Waals surface area (Å²) in [7, 11) is 0. The first-order valence-corrected chi connectivity index (χ1v) is 6.24. The third kappa shape index (κ3) is 7.31. The van der Waals surface area contributed by atoms with E-state index >= 15 is 0 Å². The zero-order valence-electron chi connectivity index (χ0n) is 11.7. The fourth-order valence-electron chi connectivity index (χ4n) is 0.820. The van der Waals surface area contributed by atoms with E-state index in [1.807, 2.05) is 0 Å². The lowest BCUT2D eigenvalue weighted by Gasteiger charge is -2.03. The number of aromatic nitrogens is 2. The summed E-state index contributed by atoms with van der Waals surface area (Å²) in [5.74, 6) is -0.926. The highest BCUT2D eigenvalue weighted by Gasteiger charge is 2.15. The number of aliphatic hydroxyl groups excluding tert-OH is 1. The Morgan fingerprint density at radius 3 is 2.60 bits per heavy atom. The number of hydrogen-bond donors (Lipinski definition) is 4. The van der Waals surface area contributed by atoms with Crippen LogP contribution in [0.2, 0.25) is 0 Å². The zero-order valence-corrected chi connectivity index (χ0v) is 11.7. The van der Waals surface area contributed by atoms with Crippen LogP contribution in [0.3, 0.4) is 0 Å². The van der Waals surface area contributed by atoms with Crippen molar-refractivity contribution in [3.05, 3.63) is 5.69 Å². The maximum absolute atomic E-state index is 11.1. The van der Waals surface area contributed by atoms with Crippen LogP contribution in [0.25, 0.3) is 0 Å². The smallest absolute Gasteiger partial charge is 0.287 e. The number of aliphatic hydroxyl groups is 1. The summed E-state index contributed by atoms with van der Waals surface area (Å²) in [6, 6.07) is 0. The lowest BCUT2D eigenvalue weighted by Crippen LogP contribution is -2.31. The average molecular weight is 287 g/mol. The molecule has 5 N–H and O–H groups in total. The summed E-state index contributed by atoms with van der Waals surface area (Å²) in [5, 5.41) is 24.6. The molecular formula is C11H21N5O4. The first kappa shape index (κ1) is 17.8. The fraction of sp³-hybridized carbons (Fsp3) is 0.636. The molecule has 0 spiro atoms. The number of nitrogens with two attached hydrogens (primary N) is 1. The minimum atomic E-state index is -0.438. The van der Waals surface area contributed by atoms with Gasteiger partial charge in [0.25, 0.3) is 11.8 Å². The molecule has 0 saturated carbocycles. The molecule has 20 heavy (non-hydrogen) atoms. The van der Waals surface area contributed by atoms with Crippen LogP contribution >= 0.6 is 0 Å². The van der Waals surface area contributed by atoms with E-state index in [1.165, 1.54) is 12.8 Å². The van der Waals surface area contributed by atoms with E-state index in [1.54, 1.807) is 0 Å². The Bertz CT molecular complexity index is 405. The van der Waals surface area contributed by atoms with Crippen molar-refractivity contribution in [1.29, 1.82) is 5.41 Å². The van der Waals surface area contributed by atoms with Gasteiger partial charge in [-0.15, -0.1) is 0 Å². The molecule has 0 bridgehead atoms. The van der Waals surface area contributed by atoms with Gasteiger partial charge in [0.1, 0.15) is 0 Å². The van der Waals surface area contributed by atoms with Gasteiger partial charge < -0.3 is 20.9 Å². The summed E-state index contributed by atoms with van der Waals surface area (Å²) in [6.45, 7) is 4.02. The summed E-state index contributed by atoms with van der Waals surface area (Å²) in [4.78, 5) is 11.1. The van der Waals surface area contributed by atoms with E-state index in [0.717, 1.165) is 0 Å². The van der Waals surface area contributed by atoms with Crippen molar-refractivity contribution in [2.24, 2.45) is 5.73 Å². The minimum absolute atomic E-state index is 0.0602. The third-order valence-electron chi connectivity index (χ3n) is 1.99. The van der Waals surface area contributed by atoms with Gasteiger partial charge in [-0.05, 0) is 10.3 Å². The quantitative estimate of drug-likeness (QED) is 0.395. The highest BCUT2D eigenvalue weighted by atomic mass is 16.6. The molecule has 0 aliphatic rings. The van der Waals surface area contributed by atoms with Crippen molar-refractivity contribution < 1.29 is 19.3 Å². The molecule has 0 fully saturated rings. The molecule has 0 saturated heterocycles. The maximum atomic E-state index is 11.1. The first-order valence-electron chi connectivity index (χ1n) is 6.24. The summed E-state index contributed by atoms with van der Waals surface area (Å²) < 4.78 is 9.22. The number of rotatable bonds is 7. The number of amides is 1. The number of carbonyl (C=O) groups excluding carboxylic acids is 1. The summed E-state index contributed by atoms with van der Waals surface area (Å²) in [6.07, 6.45) is 2.64. The fourth-order valence-corrected chi connectivity index (χ4v) is 0.820. The molecule has 0 aromatic carbocycles. The average Bonchev–Trinajstić information content (AvgIpc) is 2.91. The number of carbonyl (C=O) groups is 1. The van der Waals surface area contributed by atoms with E-state index in [9.17, 15) is 4.79 Å². The Labute approximate surface area is 117 Å². The van der Waals surface area contributed by atoms with Gasteiger partial charge in [0.2, 0.25) is 5.69 Å². The maximum Gasteiger partial charge on any atom is 0.287 e. The SMILES string of the molecule is CCCC.N=C(N)c1nonc1OCC(=O)NCCO. The van der Waals surface area contributed by atoms with Crippen molar-refractivity contribution in [2.75, 3.05) is 19.8 Å². The zero-order chi connectivity index (χ0) is 15.4. The highest BCUT2D eigenvalue weighted by molar-refractivity contribution is 5.94. The van der Waals surface area contributed by atoms with Crippen LogP contribution in [0.15, 0.2) is 4.63 Å². The predicted molar refractivity (Wildman–Crippen MR) is 71.5 cm³/mol. The Balaban J connectivity index is 0.000000796. The molecule has 114 valence electrons. The summed E-state index contributed by atoms with van der Waals surface area (Å²) in [5.41, 5.74) is 5.09. The monoisotopic (exact) mass is 287 g/mol. The molecule has 1 aromatic heterocycles. The van der Waals surface area contributed by atoms with Gasteiger partial charge in [0.15, 0.2) is 12.4 Å². The molecule has 0 atom stereocenters. The molecule has 0 aliphatic heterocycles. The van der Waals surface area contributed by atoms with Crippen molar-refractivity contribution in [3.63, 3.8) is 0 Å². The lowest BCUT2D eigenvalue weighted by atomic mass is 10.4. The predicted octanol–water partition coefficient (Wildman–Crippen LogP) is -0.353. The van der Waals surface area contributed by atoms with Gasteiger partial charge in [-0.1, -0.05) is 26.7 Å². The molecule has 9 heteroatoms. The number of hydrogen-bond acceptors (Lipinski definition) is 7. The van der Waals surface area contributed by atoms with Gasteiger partial charge in [-0.2, -0.15) is 0 Å². The number of nitrogens with zero attached hydrogens (tertiary/aromatic N) is 2. The number of ether oxygens (including phenoxy) is 1. The van der Waals surface area contributed by atoms with Crippen molar-refractivity contribution in [2.45, 2.75) is 26.7 Å². The number of nitrogen functional groups attached to an aromatic ring is 1. The van der Waals surface area contributed by atoms with Gasteiger partial charge in [-0.25, -0.2) is 4.63 Å². The van der Waals surface area contributed by atoms with Crippen molar-refractivity contribution in [3.8, 4) is 5.88 Å². The van der Waals surface area contributed by atoms with E-state index in [0.29, 0.717) is 0 Å². The second-order valence-corrected chi connectivity index (χ2v) is 3.69. The van der Waals surface area contributed by atoms with Crippen LogP contribution in [0.1, 0.15) is 32.4 Å². The topological polar surface area (TPSA) is 147 Å². The third-order valence-corrected chi connectivity index (χ3v) is 1.99. The Hall–Kier alpha value is -2.16. The second-order valence-electron chi connectivity index (χ2n) is 3.69. The molecule has 0 aliphatic carbocycles. The second kappa shape index (κ2) is 10.7. The van der Waals surface area contributed by atoms with E-state index in [2.05, 4.69) is 34.1 Å². The van der Waals surface area contributed by atoms with Gasteiger partial charge in [0.05, 0.1) is 6.61 Å². The van der Waals surface area contributed by atoms with Crippen LogP contribution in [0.4, 0.5) is 0 Å². The van der Waals surface area contributed by atoms with Crippen LogP contribution in [0, 0.1) is 5.41 Å². The van der Waals surface area contributed by atoms with Gasteiger partial charge >= 0.3 is 0 Å². The van der Waals surface area contributed by atoms with Gasteiger partial charge in [-0.3, -0.25) is 10.2 Å². The molecule has 9 nitrogen and oxygen atoms in total. The summed E-state index contributed by atoms with van der Waals surface area (Å²) >= 11 is 0. The molecule has 1 amide bonds. The van der Waals surface area contributed by atoms with Crippen LogP contribution in [0.5, 0.6) is 5.88 Å². The van der Waals surface area contributed by atoms with Crippen LogP contribution in [-0.4, -0.2) is 46.9 Å². The molecule has 1 heterocycles. The number of unbranched alkanes of at least 4 members (excludes halogenated alkanes) is 1. The first-order chi connectivity index (χ1) is 9.56. The van der Waals surface area contributed by atoms with E-state index in [-0.39, 0.29) is 37.2 Å². The Morgan fingerprint density at radius 1 is 1.45 bits per heavy atom. The highest BCUT2D eigenvalue weighted by Crippen LogP contribution is 2.10. The van der Waals surface area contributed by atoms with E-state index < -0.39 is 5.91 Å². The number of amidine groups is 1. The molecule has 0 radical (unpaired) electrons. The van der Waals surface area contributed by atoms with Crippen LogP contribution in [-0.2, 0) is 4.79 Å². The molecular weight excluding hydrogens is 266 g/mol. The van der Waals surface area contributed by atoms with Crippen LogP contribution < -0.4 is 15.8 Å². The van der Waals surface area contributed by atoms with Gasteiger partial charge in [0, 0.05) is 6.54 Å². The molecule has 1 aromatic rings. The van der Waals surface area contributed by atoms with Crippen molar-refractivity contribution >= 4 is 11.7 Å². The normalized spacial score (nSPS) is 9.35. The Kier molecular flexibility index (Phi) is 9.57. The molecule has 1 rings (SSSR count). The molecule has 0 unspecified atom stereocenters. The number of nitrogens with one attached hydrogen (secondary N) is 2. The Morgan fingerprint density at radius 2 is 2.10 bits per heavy atom. The van der Waals surface area contributed by atoms with E-state index in [4.69, 9.17) is 21.0 Å².